The average molecular weight is 346 g/mol. The van der Waals surface area contributed by atoms with Gasteiger partial charge in [0, 0.05) is 12.0 Å². The highest BCUT2D eigenvalue weighted by Gasteiger charge is 2.16. The smallest absolute Gasteiger partial charge is 0.304 e. The lowest BCUT2D eigenvalue weighted by molar-refractivity contribution is -0.136. The molecular weight excluding hydrogens is 328 g/mol. The lowest BCUT2D eigenvalue weighted by atomic mass is 10.0. The number of Topliss-reactive ketones (excluding diaryl/α,β-unsaturated/α-hetero) is 1. The van der Waals surface area contributed by atoms with Crippen molar-refractivity contribution < 1.29 is 23.1 Å². The molecule has 24 heavy (non-hydrogen) atoms. The Morgan fingerprint density at radius 1 is 0.958 bits per heavy atom. The topological polar surface area (TPSA) is 88.5 Å². The maximum atomic E-state index is 12.2. The predicted molar refractivity (Wildman–Crippen MR) is 90.0 cm³/mol. The number of carbonyl (C=O) groups is 2. The first-order chi connectivity index (χ1) is 11.3. The fourth-order valence-electron chi connectivity index (χ4n) is 2.18. The fraction of sp³-hybridized carbons (Fsp3) is 0.222. The zero-order valence-corrected chi connectivity index (χ0v) is 14.0. The second-order valence-electron chi connectivity index (χ2n) is 5.57. The van der Waals surface area contributed by atoms with Gasteiger partial charge in [-0.05, 0) is 24.6 Å². The summed E-state index contributed by atoms with van der Waals surface area (Å²) >= 11 is 0. The number of sulfone groups is 1. The van der Waals surface area contributed by atoms with Gasteiger partial charge in [0.15, 0.2) is 15.6 Å². The molecule has 5 nitrogen and oxygen atoms in total. The SMILES string of the molecule is Cc1ccc(C(=O)Cc2ccc(S(=O)(=O)CCC(=O)O)cc2)cc1. The number of carboxylic acid groups (broad SMARTS) is 1. The van der Waals surface area contributed by atoms with Crippen molar-refractivity contribution in [2.75, 3.05) is 5.75 Å². The van der Waals surface area contributed by atoms with Crippen LogP contribution >= 0.6 is 0 Å². The summed E-state index contributed by atoms with van der Waals surface area (Å²) < 4.78 is 24.0. The summed E-state index contributed by atoms with van der Waals surface area (Å²) in [4.78, 5) is 22.8. The van der Waals surface area contributed by atoms with E-state index in [4.69, 9.17) is 5.11 Å². The van der Waals surface area contributed by atoms with Crippen molar-refractivity contribution in [2.24, 2.45) is 0 Å². The molecule has 2 rings (SSSR count). The first-order valence-electron chi connectivity index (χ1n) is 7.41. The van der Waals surface area contributed by atoms with Crippen LogP contribution in [0.1, 0.15) is 27.9 Å². The minimum Gasteiger partial charge on any atom is -0.481 e. The number of carboxylic acids is 1. The maximum absolute atomic E-state index is 12.2. The summed E-state index contributed by atoms with van der Waals surface area (Å²) in [5.41, 5.74) is 2.39. The van der Waals surface area contributed by atoms with Gasteiger partial charge in [-0.3, -0.25) is 9.59 Å². The van der Waals surface area contributed by atoms with Crippen LogP contribution in [0.25, 0.3) is 0 Å². The Morgan fingerprint density at radius 3 is 2.08 bits per heavy atom. The van der Waals surface area contributed by atoms with Gasteiger partial charge in [-0.1, -0.05) is 42.0 Å². The van der Waals surface area contributed by atoms with Crippen molar-refractivity contribution in [1.82, 2.24) is 0 Å². The highest BCUT2D eigenvalue weighted by Crippen LogP contribution is 2.15. The normalized spacial score (nSPS) is 11.2. The summed E-state index contributed by atoms with van der Waals surface area (Å²) in [5, 5.41) is 8.59. The summed E-state index contributed by atoms with van der Waals surface area (Å²) in [6.45, 7) is 1.94. The molecule has 0 fully saturated rings. The van der Waals surface area contributed by atoms with E-state index in [1.54, 1.807) is 24.3 Å². The molecule has 126 valence electrons. The van der Waals surface area contributed by atoms with Gasteiger partial charge in [0.1, 0.15) is 0 Å². The molecule has 1 N–H and O–H groups in total. The van der Waals surface area contributed by atoms with Crippen molar-refractivity contribution >= 4 is 21.6 Å². The summed E-state index contributed by atoms with van der Waals surface area (Å²) in [6.07, 6.45) is -0.255. The van der Waals surface area contributed by atoms with Crippen LogP contribution in [0, 0.1) is 6.92 Å². The Kier molecular flexibility index (Phi) is 5.51. The van der Waals surface area contributed by atoms with Crippen LogP contribution in [0.15, 0.2) is 53.4 Å². The highest BCUT2D eigenvalue weighted by molar-refractivity contribution is 7.91. The lowest BCUT2D eigenvalue weighted by Crippen LogP contribution is -2.11. The lowest BCUT2D eigenvalue weighted by Gasteiger charge is -2.05. The molecule has 0 atom stereocenters. The molecule has 0 saturated heterocycles. The van der Waals surface area contributed by atoms with Crippen LogP contribution in [0.3, 0.4) is 0 Å². The van der Waals surface area contributed by atoms with Gasteiger partial charge in [0.25, 0.3) is 0 Å². The Morgan fingerprint density at radius 2 is 1.54 bits per heavy atom. The van der Waals surface area contributed by atoms with Gasteiger partial charge in [-0.15, -0.1) is 0 Å². The van der Waals surface area contributed by atoms with Crippen molar-refractivity contribution in [3.8, 4) is 0 Å². The molecule has 6 heteroatoms. The van der Waals surface area contributed by atoms with Gasteiger partial charge >= 0.3 is 5.97 Å². The third-order valence-corrected chi connectivity index (χ3v) is 5.34. The molecule has 0 spiro atoms. The number of aryl methyl sites for hydroxylation is 1. The molecule has 0 unspecified atom stereocenters. The molecule has 0 saturated carbocycles. The van der Waals surface area contributed by atoms with Crippen molar-refractivity contribution in [3.63, 3.8) is 0 Å². The van der Waals surface area contributed by atoms with E-state index in [0.717, 1.165) is 5.56 Å². The van der Waals surface area contributed by atoms with Crippen LogP contribution < -0.4 is 0 Å². The minimum absolute atomic E-state index is 0.0449. The third kappa shape index (κ3) is 4.76. The second-order valence-corrected chi connectivity index (χ2v) is 7.68. The van der Waals surface area contributed by atoms with E-state index in [1.165, 1.54) is 12.1 Å². The van der Waals surface area contributed by atoms with Crippen molar-refractivity contribution in [1.29, 1.82) is 0 Å². The van der Waals surface area contributed by atoms with Crippen LogP contribution in [-0.4, -0.2) is 31.0 Å². The Bertz CT molecular complexity index is 834. The number of benzene rings is 2. The molecule has 0 aliphatic rings. The van der Waals surface area contributed by atoms with Crippen molar-refractivity contribution in [2.45, 2.75) is 24.7 Å². The third-order valence-electron chi connectivity index (χ3n) is 3.61. The molecule has 0 amide bonds. The summed E-state index contributed by atoms with van der Waals surface area (Å²) in [6, 6.07) is 13.3. The number of aliphatic carboxylic acids is 1. The van der Waals surface area contributed by atoms with E-state index >= 15 is 0 Å². The Hall–Kier alpha value is -2.47. The largest absolute Gasteiger partial charge is 0.481 e. The molecule has 0 aromatic heterocycles. The molecule has 0 bridgehead atoms. The number of rotatable bonds is 7. The first-order valence-corrected chi connectivity index (χ1v) is 9.06. The molecule has 0 aliphatic heterocycles. The van der Waals surface area contributed by atoms with E-state index in [0.29, 0.717) is 11.1 Å². The minimum atomic E-state index is -3.62. The highest BCUT2D eigenvalue weighted by atomic mass is 32.2. The van der Waals surface area contributed by atoms with Gasteiger partial charge in [0.05, 0.1) is 17.1 Å². The summed E-state index contributed by atoms with van der Waals surface area (Å²) in [7, 11) is -3.62. The van der Waals surface area contributed by atoms with Gasteiger partial charge in [0.2, 0.25) is 0 Å². The van der Waals surface area contributed by atoms with E-state index in [9.17, 15) is 18.0 Å². The van der Waals surface area contributed by atoms with E-state index < -0.39 is 28.0 Å². The zero-order valence-electron chi connectivity index (χ0n) is 13.2. The quantitative estimate of drug-likeness (QED) is 0.779. The van der Waals surface area contributed by atoms with E-state index in [1.807, 2.05) is 19.1 Å². The fourth-order valence-corrected chi connectivity index (χ4v) is 3.41. The van der Waals surface area contributed by atoms with E-state index in [-0.39, 0.29) is 17.1 Å². The zero-order chi connectivity index (χ0) is 17.7. The molecule has 0 aliphatic carbocycles. The number of carbonyl (C=O) groups excluding carboxylic acids is 1. The van der Waals surface area contributed by atoms with Crippen LogP contribution in [-0.2, 0) is 21.1 Å². The molecule has 0 heterocycles. The number of hydrogen-bond acceptors (Lipinski definition) is 4. The molecule has 0 radical (unpaired) electrons. The molecule has 2 aromatic carbocycles. The standard InChI is InChI=1S/C18H18O5S/c1-13-2-6-15(7-3-13)17(19)12-14-4-8-16(9-5-14)24(22,23)11-10-18(20)21/h2-9H,10-12H2,1H3,(H,20,21). The second kappa shape index (κ2) is 7.40. The Labute approximate surface area is 140 Å². The number of hydrogen-bond donors (Lipinski definition) is 1. The van der Waals surface area contributed by atoms with Gasteiger partial charge < -0.3 is 5.11 Å². The predicted octanol–water partition coefficient (Wildman–Crippen LogP) is 2.67. The average Bonchev–Trinajstić information content (AvgIpc) is 2.54. The molecular formula is C18H18O5S. The van der Waals surface area contributed by atoms with Crippen LogP contribution in [0.2, 0.25) is 0 Å². The number of ketones is 1. The molecule has 2 aromatic rings. The monoisotopic (exact) mass is 346 g/mol. The first kappa shape index (κ1) is 17.9. The van der Waals surface area contributed by atoms with E-state index in [2.05, 4.69) is 0 Å². The van der Waals surface area contributed by atoms with Crippen LogP contribution in [0.4, 0.5) is 0 Å². The van der Waals surface area contributed by atoms with Gasteiger partial charge in [-0.25, -0.2) is 8.42 Å². The Balaban J connectivity index is 2.08. The maximum Gasteiger partial charge on any atom is 0.304 e. The van der Waals surface area contributed by atoms with Gasteiger partial charge in [-0.2, -0.15) is 0 Å². The van der Waals surface area contributed by atoms with Crippen molar-refractivity contribution in [3.05, 3.63) is 65.2 Å². The van der Waals surface area contributed by atoms with Crippen LogP contribution in [0.5, 0.6) is 0 Å². The summed E-state index contributed by atoms with van der Waals surface area (Å²) in [5.74, 6) is -1.64.